The predicted molar refractivity (Wildman–Crippen MR) is 84.8 cm³/mol. The zero-order chi connectivity index (χ0) is 13.9. The summed E-state index contributed by atoms with van der Waals surface area (Å²) in [6, 6.07) is 8.16. The van der Waals surface area contributed by atoms with Gasteiger partial charge in [0.1, 0.15) is 11.6 Å². The first-order valence-corrected chi connectivity index (χ1v) is 7.28. The van der Waals surface area contributed by atoms with Crippen molar-refractivity contribution in [2.24, 2.45) is 7.05 Å². The number of pyridine rings is 1. The number of rotatable bonds is 4. The average molecular weight is 331 g/mol. The van der Waals surface area contributed by atoms with Crippen LogP contribution in [0.15, 0.2) is 47.3 Å². The van der Waals surface area contributed by atoms with E-state index in [0.29, 0.717) is 0 Å². The van der Waals surface area contributed by atoms with Crippen molar-refractivity contribution in [3.05, 3.63) is 53.2 Å². The summed E-state index contributed by atoms with van der Waals surface area (Å²) >= 11 is 3.57. The normalized spacial score (nSPS) is 10.9. The summed E-state index contributed by atoms with van der Waals surface area (Å²) in [4.78, 5) is 8.75. The maximum Gasteiger partial charge on any atom is 0.133 e. The molecule has 1 N–H and O–H groups in total. The summed E-state index contributed by atoms with van der Waals surface area (Å²) in [7, 11) is 2.01. The van der Waals surface area contributed by atoms with Gasteiger partial charge in [0.05, 0.1) is 0 Å². The van der Waals surface area contributed by atoms with Crippen LogP contribution >= 0.6 is 15.9 Å². The molecule has 0 unspecified atom stereocenters. The summed E-state index contributed by atoms with van der Waals surface area (Å²) in [6.07, 6.45) is 6.48. The minimum atomic E-state index is 0.809. The maximum absolute atomic E-state index is 4.43. The number of benzene rings is 1. The van der Waals surface area contributed by atoms with Crippen LogP contribution in [0.5, 0.6) is 0 Å². The third kappa shape index (κ3) is 2.54. The Kier molecular flexibility index (Phi) is 3.69. The molecule has 5 heteroatoms. The van der Waals surface area contributed by atoms with Crippen LogP contribution in [-0.2, 0) is 13.5 Å². The van der Waals surface area contributed by atoms with Crippen molar-refractivity contribution >= 4 is 32.5 Å². The van der Waals surface area contributed by atoms with Crippen molar-refractivity contribution in [2.45, 2.75) is 6.42 Å². The number of aromatic nitrogens is 3. The summed E-state index contributed by atoms with van der Waals surface area (Å²) < 4.78 is 3.12. The summed E-state index contributed by atoms with van der Waals surface area (Å²) in [5.41, 5.74) is 0. The molecule has 3 rings (SSSR count). The molecule has 3 aromatic rings. The van der Waals surface area contributed by atoms with Crippen LogP contribution in [0, 0.1) is 0 Å². The molecule has 0 bridgehead atoms. The van der Waals surface area contributed by atoms with Gasteiger partial charge in [-0.2, -0.15) is 0 Å². The van der Waals surface area contributed by atoms with E-state index in [0.717, 1.165) is 34.5 Å². The first kappa shape index (κ1) is 13.1. The fourth-order valence-electron chi connectivity index (χ4n) is 2.24. The molecule has 102 valence electrons. The molecular formula is C15H15BrN4. The Bertz CT molecular complexity index is 736. The second kappa shape index (κ2) is 5.63. The van der Waals surface area contributed by atoms with Gasteiger partial charge in [-0.25, -0.2) is 9.97 Å². The van der Waals surface area contributed by atoms with Crippen LogP contribution in [0.2, 0.25) is 0 Å². The van der Waals surface area contributed by atoms with E-state index in [1.165, 1.54) is 5.39 Å². The maximum atomic E-state index is 4.43. The van der Waals surface area contributed by atoms with Crippen LogP contribution in [0.4, 0.5) is 5.82 Å². The Labute approximate surface area is 126 Å². The highest BCUT2D eigenvalue weighted by Crippen LogP contribution is 2.27. The van der Waals surface area contributed by atoms with E-state index < -0.39 is 0 Å². The fourth-order valence-corrected chi connectivity index (χ4v) is 2.74. The van der Waals surface area contributed by atoms with Gasteiger partial charge in [0.25, 0.3) is 0 Å². The van der Waals surface area contributed by atoms with Crippen LogP contribution < -0.4 is 5.32 Å². The third-order valence-corrected chi connectivity index (χ3v) is 4.01. The molecule has 0 aliphatic rings. The first-order valence-electron chi connectivity index (χ1n) is 6.49. The number of nitrogens with one attached hydrogen (secondary N) is 1. The quantitative estimate of drug-likeness (QED) is 0.797. The van der Waals surface area contributed by atoms with Crippen molar-refractivity contribution < 1.29 is 0 Å². The van der Waals surface area contributed by atoms with Crippen molar-refractivity contribution in [3.63, 3.8) is 0 Å². The molecule has 0 atom stereocenters. The largest absolute Gasteiger partial charge is 0.369 e. The lowest BCUT2D eigenvalue weighted by Crippen LogP contribution is -2.09. The van der Waals surface area contributed by atoms with E-state index in [2.05, 4.69) is 37.3 Å². The van der Waals surface area contributed by atoms with Crippen molar-refractivity contribution in [1.29, 1.82) is 0 Å². The van der Waals surface area contributed by atoms with Crippen LogP contribution in [0.1, 0.15) is 5.82 Å². The highest BCUT2D eigenvalue weighted by molar-refractivity contribution is 9.10. The average Bonchev–Trinajstić information content (AvgIpc) is 2.86. The van der Waals surface area contributed by atoms with Crippen LogP contribution in [-0.4, -0.2) is 21.1 Å². The molecular weight excluding hydrogens is 316 g/mol. The molecule has 0 fully saturated rings. The zero-order valence-corrected chi connectivity index (χ0v) is 12.8. The molecule has 1 aromatic carbocycles. The van der Waals surface area contributed by atoms with Gasteiger partial charge in [-0.1, -0.05) is 28.1 Å². The van der Waals surface area contributed by atoms with Gasteiger partial charge in [0.15, 0.2) is 0 Å². The Morgan fingerprint density at radius 2 is 2.05 bits per heavy atom. The van der Waals surface area contributed by atoms with Crippen molar-refractivity contribution in [1.82, 2.24) is 14.5 Å². The highest BCUT2D eigenvalue weighted by Gasteiger charge is 2.05. The second-order valence-corrected chi connectivity index (χ2v) is 5.48. The van der Waals surface area contributed by atoms with E-state index in [4.69, 9.17) is 0 Å². The van der Waals surface area contributed by atoms with E-state index in [-0.39, 0.29) is 0 Å². The second-order valence-electron chi connectivity index (χ2n) is 4.63. The molecule has 0 saturated heterocycles. The smallest absolute Gasteiger partial charge is 0.133 e. The molecule has 20 heavy (non-hydrogen) atoms. The Balaban J connectivity index is 1.78. The minimum absolute atomic E-state index is 0.809. The number of halogens is 1. The molecule has 2 aromatic heterocycles. The summed E-state index contributed by atoms with van der Waals surface area (Å²) in [5, 5.41) is 5.69. The summed E-state index contributed by atoms with van der Waals surface area (Å²) in [6.45, 7) is 0.809. The Morgan fingerprint density at radius 1 is 1.15 bits per heavy atom. The highest BCUT2D eigenvalue weighted by atomic mass is 79.9. The lowest BCUT2D eigenvalue weighted by Gasteiger charge is -2.09. The molecule has 0 saturated carbocycles. The minimum Gasteiger partial charge on any atom is -0.369 e. The van der Waals surface area contributed by atoms with Crippen LogP contribution in [0.25, 0.3) is 10.8 Å². The molecule has 0 aliphatic heterocycles. The Morgan fingerprint density at radius 3 is 2.85 bits per heavy atom. The number of hydrogen-bond acceptors (Lipinski definition) is 3. The first-order chi connectivity index (χ1) is 9.75. The number of imidazole rings is 1. The van der Waals surface area contributed by atoms with Gasteiger partial charge in [-0.15, -0.1) is 0 Å². The van der Waals surface area contributed by atoms with Gasteiger partial charge in [-0.3, -0.25) is 0 Å². The van der Waals surface area contributed by atoms with E-state index in [1.54, 1.807) is 0 Å². The van der Waals surface area contributed by atoms with Gasteiger partial charge < -0.3 is 9.88 Å². The van der Waals surface area contributed by atoms with E-state index >= 15 is 0 Å². The number of hydrogen-bond donors (Lipinski definition) is 1. The third-order valence-electron chi connectivity index (χ3n) is 3.31. The van der Waals surface area contributed by atoms with Gasteiger partial charge in [0, 0.05) is 53.8 Å². The number of anilines is 1. The van der Waals surface area contributed by atoms with Crippen molar-refractivity contribution in [2.75, 3.05) is 11.9 Å². The topological polar surface area (TPSA) is 42.7 Å². The molecule has 0 spiro atoms. The van der Waals surface area contributed by atoms with Gasteiger partial charge in [-0.05, 0) is 12.1 Å². The summed E-state index contributed by atoms with van der Waals surface area (Å²) in [5.74, 6) is 1.98. The lowest BCUT2D eigenvalue weighted by molar-refractivity contribution is 0.789. The predicted octanol–water partition coefficient (Wildman–Crippen LogP) is 3.39. The number of fused-ring (bicyclic) bond motifs is 1. The van der Waals surface area contributed by atoms with Crippen LogP contribution in [0.3, 0.4) is 0 Å². The standard InChI is InChI=1S/C15H15BrN4/c1-20-10-9-17-14(20)6-8-19-15-12-3-2-4-13(16)11(12)5-7-18-15/h2-5,7,9-10H,6,8H2,1H3,(H,18,19). The van der Waals surface area contributed by atoms with E-state index in [1.807, 2.05) is 48.4 Å². The number of nitrogens with zero attached hydrogens (tertiary/aromatic N) is 3. The molecule has 0 amide bonds. The SMILES string of the molecule is Cn1ccnc1CCNc1nccc2c(Br)cccc12. The Hall–Kier alpha value is -1.88. The molecule has 0 aliphatic carbocycles. The molecule has 4 nitrogen and oxygen atoms in total. The fraction of sp³-hybridized carbons (Fsp3) is 0.200. The zero-order valence-electron chi connectivity index (χ0n) is 11.2. The molecule has 0 radical (unpaired) electrons. The van der Waals surface area contributed by atoms with Crippen molar-refractivity contribution in [3.8, 4) is 0 Å². The van der Waals surface area contributed by atoms with E-state index in [9.17, 15) is 0 Å². The lowest BCUT2D eigenvalue weighted by atomic mass is 10.1. The van der Waals surface area contributed by atoms with Gasteiger partial charge >= 0.3 is 0 Å². The molecule has 2 heterocycles. The monoisotopic (exact) mass is 330 g/mol. The number of aryl methyl sites for hydroxylation is 1. The van der Waals surface area contributed by atoms with Gasteiger partial charge in [0.2, 0.25) is 0 Å².